The Balaban J connectivity index is 1.73. The summed E-state index contributed by atoms with van der Waals surface area (Å²) in [6, 6.07) is 8.70. The number of nitrogens with one attached hydrogen (secondary N) is 1. The van der Waals surface area contributed by atoms with E-state index in [1.807, 2.05) is 25.1 Å². The van der Waals surface area contributed by atoms with Gasteiger partial charge in [0.15, 0.2) is 0 Å². The molecule has 2 heterocycles. The lowest BCUT2D eigenvalue weighted by Gasteiger charge is -2.02. The molecule has 1 N–H and O–H groups in total. The second-order valence-corrected chi connectivity index (χ2v) is 4.95. The number of carbonyl (C=O) groups is 1. The lowest BCUT2D eigenvalue weighted by molar-refractivity contribution is 0.0987. The second-order valence-electron chi connectivity index (χ2n) is 4.54. The Hall–Kier alpha value is -2.80. The molecule has 0 aliphatic rings. The van der Waals surface area contributed by atoms with Crippen LogP contribution in [-0.4, -0.2) is 27.5 Å². The third kappa shape index (κ3) is 3.35. The Bertz CT molecular complexity index is 828. The minimum Gasteiger partial charge on any atom is -0.476 e. The van der Waals surface area contributed by atoms with Crippen LogP contribution in [0.3, 0.4) is 0 Å². The zero-order valence-electron chi connectivity index (χ0n) is 12.2. The van der Waals surface area contributed by atoms with Crippen molar-refractivity contribution in [2.24, 2.45) is 0 Å². The van der Waals surface area contributed by atoms with Gasteiger partial charge in [0.2, 0.25) is 5.76 Å². The molecule has 3 rings (SSSR count). The van der Waals surface area contributed by atoms with Gasteiger partial charge in [0.25, 0.3) is 11.8 Å². The molecule has 118 valence electrons. The van der Waals surface area contributed by atoms with Gasteiger partial charge in [0, 0.05) is 0 Å². The standard InChI is InChI=1S/C15H13ClN4O3/c1-2-22-14-7-13(23-19-14)15(21)18-10-8-17-20(9-10)12-6-4-3-5-11(12)16/h3-9H,2H2,1H3,(H,18,21). The maximum Gasteiger partial charge on any atom is 0.294 e. The lowest BCUT2D eigenvalue weighted by Crippen LogP contribution is -2.10. The normalized spacial score (nSPS) is 10.5. The number of carbonyl (C=O) groups excluding carboxylic acids is 1. The fourth-order valence-corrected chi connectivity index (χ4v) is 2.15. The van der Waals surface area contributed by atoms with E-state index >= 15 is 0 Å². The van der Waals surface area contributed by atoms with Crippen LogP contribution >= 0.6 is 11.6 Å². The Morgan fingerprint density at radius 1 is 1.43 bits per heavy atom. The molecular weight excluding hydrogens is 320 g/mol. The molecule has 1 amide bonds. The summed E-state index contributed by atoms with van der Waals surface area (Å²) in [5.74, 6) is -0.120. The van der Waals surface area contributed by atoms with E-state index in [1.165, 1.54) is 12.3 Å². The molecule has 23 heavy (non-hydrogen) atoms. The van der Waals surface area contributed by atoms with E-state index in [0.717, 1.165) is 0 Å². The Morgan fingerprint density at radius 3 is 3.04 bits per heavy atom. The first-order chi connectivity index (χ1) is 11.2. The molecule has 0 saturated heterocycles. The van der Waals surface area contributed by atoms with E-state index in [1.54, 1.807) is 16.9 Å². The second kappa shape index (κ2) is 6.53. The molecule has 0 bridgehead atoms. The summed E-state index contributed by atoms with van der Waals surface area (Å²) < 4.78 is 11.6. The third-order valence-electron chi connectivity index (χ3n) is 2.94. The molecule has 2 aromatic heterocycles. The van der Waals surface area contributed by atoms with Crippen LogP contribution in [0.5, 0.6) is 5.88 Å². The van der Waals surface area contributed by atoms with Crippen LogP contribution in [0.25, 0.3) is 5.69 Å². The average molecular weight is 333 g/mol. The van der Waals surface area contributed by atoms with Gasteiger partial charge in [-0.3, -0.25) is 4.79 Å². The van der Waals surface area contributed by atoms with Crippen molar-refractivity contribution in [1.82, 2.24) is 14.9 Å². The van der Waals surface area contributed by atoms with Gasteiger partial charge in [-0.25, -0.2) is 4.68 Å². The number of nitrogens with zero attached hydrogens (tertiary/aromatic N) is 3. The van der Waals surface area contributed by atoms with Gasteiger partial charge in [-0.2, -0.15) is 5.10 Å². The van der Waals surface area contributed by atoms with Gasteiger partial charge >= 0.3 is 0 Å². The number of benzene rings is 1. The molecule has 0 aliphatic heterocycles. The van der Waals surface area contributed by atoms with Gasteiger partial charge < -0.3 is 14.6 Å². The number of amides is 1. The van der Waals surface area contributed by atoms with Gasteiger partial charge in [0.1, 0.15) is 0 Å². The Kier molecular flexibility index (Phi) is 4.29. The van der Waals surface area contributed by atoms with E-state index in [-0.39, 0.29) is 11.6 Å². The SMILES string of the molecule is CCOc1cc(C(=O)Nc2cnn(-c3ccccc3Cl)c2)on1. The van der Waals surface area contributed by atoms with E-state index in [4.69, 9.17) is 20.9 Å². The van der Waals surface area contributed by atoms with Gasteiger partial charge in [-0.05, 0) is 24.2 Å². The van der Waals surface area contributed by atoms with Crippen molar-refractivity contribution in [1.29, 1.82) is 0 Å². The Morgan fingerprint density at radius 2 is 2.26 bits per heavy atom. The predicted molar refractivity (Wildman–Crippen MR) is 84.2 cm³/mol. The first-order valence-electron chi connectivity index (χ1n) is 6.88. The van der Waals surface area contributed by atoms with Crippen molar-refractivity contribution in [3.05, 3.63) is 53.5 Å². The summed E-state index contributed by atoms with van der Waals surface area (Å²) in [7, 11) is 0. The van der Waals surface area contributed by atoms with Crippen LogP contribution in [0.1, 0.15) is 17.5 Å². The highest BCUT2D eigenvalue weighted by Gasteiger charge is 2.15. The number of hydrogen-bond acceptors (Lipinski definition) is 5. The smallest absolute Gasteiger partial charge is 0.294 e. The third-order valence-corrected chi connectivity index (χ3v) is 3.26. The van der Waals surface area contributed by atoms with Crippen molar-refractivity contribution >= 4 is 23.2 Å². The van der Waals surface area contributed by atoms with Crippen LogP contribution < -0.4 is 10.1 Å². The van der Waals surface area contributed by atoms with E-state index in [0.29, 0.717) is 23.0 Å². The summed E-state index contributed by atoms with van der Waals surface area (Å²) in [6.45, 7) is 2.26. The monoisotopic (exact) mass is 332 g/mol. The molecule has 8 heteroatoms. The number of rotatable bonds is 5. The molecular formula is C15H13ClN4O3. The van der Waals surface area contributed by atoms with Crippen LogP contribution in [0, 0.1) is 0 Å². The molecule has 0 fully saturated rings. The minimum absolute atomic E-state index is 0.0546. The van der Waals surface area contributed by atoms with E-state index in [9.17, 15) is 4.79 Å². The van der Waals surface area contributed by atoms with E-state index in [2.05, 4.69) is 15.6 Å². The highest BCUT2D eigenvalue weighted by Crippen LogP contribution is 2.21. The largest absolute Gasteiger partial charge is 0.476 e. The maximum atomic E-state index is 12.1. The summed E-state index contributed by atoms with van der Waals surface area (Å²) in [5.41, 5.74) is 1.22. The van der Waals surface area contributed by atoms with Crippen LogP contribution in [0.2, 0.25) is 5.02 Å². The average Bonchev–Trinajstić information content (AvgIpc) is 3.18. The highest BCUT2D eigenvalue weighted by atomic mass is 35.5. The van der Waals surface area contributed by atoms with Crippen LogP contribution in [-0.2, 0) is 0 Å². The number of anilines is 1. The lowest BCUT2D eigenvalue weighted by atomic mass is 10.3. The number of hydrogen-bond donors (Lipinski definition) is 1. The number of halogens is 1. The van der Waals surface area contributed by atoms with Crippen LogP contribution in [0.15, 0.2) is 47.2 Å². The Labute approximate surface area is 136 Å². The molecule has 0 spiro atoms. The molecule has 1 aromatic carbocycles. The van der Waals surface area contributed by atoms with E-state index < -0.39 is 5.91 Å². The first kappa shape index (κ1) is 15.1. The van der Waals surface area contributed by atoms with Crippen molar-refractivity contribution < 1.29 is 14.1 Å². The van der Waals surface area contributed by atoms with Crippen LogP contribution in [0.4, 0.5) is 5.69 Å². The summed E-state index contributed by atoms with van der Waals surface area (Å²) in [6.07, 6.45) is 3.17. The van der Waals surface area contributed by atoms with Gasteiger partial charge in [-0.1, -0.05) is 23.7 Å². The van der Waals surface area contributed by atoms with Crippen molar-refractivity contribution in [2.75, 3.05) is 11.9 Å². The zero-order chi connectivity index (χ0) is 16.2. The van der Waals surface area contributed by atoms with Gasteiger partial charge in [0.05, 0.1) is 41.5 Å². The molecule has 3 aromatic rings. The number of aromatic nitrogens is 3. The zero-order valence-corrected chi connectivity index (χ0v) is 12.9. The topological polar surface area (TPSA) is 82.2 Å². The fraction of sp³-hybridized carbons (Fsp3) is 0.133. The molecule has 0 unspecified atom stereocenters. The van der Waals surface area contributed by atoms with Crippen molar-refractivity contribution in [3.8, 4) is 11.6 Å². The summed E-state index contributed by atoms with van der Waals surface area (Å²) >= 11 is 6.12. The first-order valence-corrected chi connectivity index (χ1v) is 7.25. The molecule has 0 aliphatic carbocycles. The molecule has 0 atom stereocenters. The quantitative estimate of drug-likeness (QED) is 0.776. The number of ether oxygens (including phenoxy) is 1. The highest BCUT2D eigenvalue weighted by molar-refractivity contribution is 6.32. The molecule has 0 radical (unpaired) electrons. The fourth-order valence-electron chi connectivity index (χ4n) is 1.93. The molecule has 0 saturated carbocycles. The number of para-hydroxylation sites is 1. The summed E-state index contributed by atoms with van der Waals surface area (Å²) in [4.78, 5) is 12.1. The van der Waals surface area contributed by atoms with Crippen molar-refractivity contribution in [3.63, 3.8) is 0 Å². The predicted octanol–water partition coefficient (Wildman–Crippen LogP) is 3.16. The van der Waals surface area contributed by atoms with Gasteiger partial charge in [-0.15, -0.1) is 0 Å². The van der Waals surface area contributed by atoms with Crippen molar-refractivity contribution in [2.45, 2.75) is 6.92 Å². The maximum absolute atomic E-state index is 12.1. The minimum atomic E-state index is -0.442. The summed E-state index contributed by atoms with van der Waals surface area (Å²) in [5, 5.41) is 11.0. The molecule has 7 nitrogen and oxygen atoms in total.